The summed E-state index contributed by atoms with van der Waals surface area (Å²) in [6.45, 7) is 8.48. The maximum absolute atomic E-state index is 15.5. The summed E-state index contributed by atoms with van der Waals surface area (Å²) in [4.78, 5) is 44.0. The zero-order valence-electron chi connectivity index (χ0n) is 27.7. The Hall–Kier alpha value is -4.37. The van der Waals surface area contributed by atoms with Crippen LogP contribution in [0.4, 0.5) is 10.2 Å². The number of halogens is 2. The highest BCUT2D eigenvalue weighted by Crippen LogP contribution is 2.37. The van der Waals surface area contributed by atoms with Crippen LogP contribution >= 0.6 is 11.6 Å². The van der Waals surface area contributed by atoms with Gasteiger partial charge in [0.05, 0.1) is 33.0 Å². The lowest BCUT2D eigenvalue weighted by Gasteiger charge is -2.40. The van der Waals surface area contributed by atoms with E-state index in [1.165, 1.54) is 27.7 Å². The molecule has 10 heteroatoms. The summed E-state index contributed by atoms with van der Waals surface area (Å²) in [5.41, 5.74) is 1.59. The minimum Gasteiger partial charge on any atom is -0.350 e. The number of anilines is 1. The summed E-state index contributed by atoms with van der Waals surface area (Å²) >= 11 is 6.84. The van der Waals surface area contributed by atoms with E-state index in [1.54, 1.807) is 24.4 Å². The van der Waals surface area contributed by atoms with Crippen molar-refractivity contribution in [3.05, 3.63) is 93.8 Å². The van der Waals surface area contributed by atoms with Crippen molar-refractivity contribution in [1.82, 2.24) is 24.4 Å². The monoisotopic (exact) mass is 590 g/mol. The summed E-state index contributed by atoms with van der Waals surface area (Å²) in [6, 6.07) is 6.84. The number of rotatable bonds is 6. The van der Waals surface area contributed by atoms with Crippen molar-refractivity contribution in [3.8, 4) is 16.9 Å². The lowest BCUT2D eigenvalue weighted by Crippen LogP contribution is -2.54. The summed E-state index contributed by atoms with van der Waals surface area (Å²) in [6.07, 6.45) is 2.85. The van der Waals surface area contributed by atoms with Gasteiger partial charge in [-0.3, -0.25) is 9.78 Å². The highest BCUT2D eigenvalue weighted by molar-refractivity contribution is 6.34. The summed E-state index contributed by atoms with van der Waals surface area (Å²) in [5, 5.41) is 0.463. The van der Waals surface area contributed by atoms with Crippen LogP contribution in [0.25, 0.3) is 34.1 Å². The molecule has 0 spiro atoms. The van der Waals surface area contributed by atoms with E-state index >= 15 is 4.39 Å². The Morgan fingerprint density at radius 3 is 2.81 bits per heavy atom. The first-order valence-electron chi connectivity index (χ1n) is 15.6. The van der Waals surface area contributed by atoms with Crippen LogP contribution in [0.15, 0.2) is 60.5 Å². The molecular formula is C32H32ClFN6O2. The number of aryl methyl sites for hydroxylation is 1. The Kier molecular flexibility index (Phi) is 6.63. The van der Waals surface area contributed by atoms with Gasteiger partial charge in [0.25, 0.3) is 0 Å². The van der Waals surface area contributed by atoms with Crippen molar-refractivity contribution in [2.75, 3.05) is 24.5 Å². The normalized spacial score (nSPS) is 17.1. The number of carbonyl (C=O) groups excluding carboxylic acids is 1. The van der Waals surface area contributed by atoms with Gasteiger partial charge in [-0.15, -0.1) is 0 Å². The molecule has 5 rings (SSSR count). The van der Waals surface area contributed by atoms with Crippen molar-refractivity contribution in [2.45, 2.75) is 39.7 Å². The zero-order chi connectivity index (χ0) is 33.4. The number of hydrogen-bond donors (Lipinski definition) is 0. The van der Waals surface area contributed by atoms with Gasteiger partial charge < -0.3 is 9.80 Å². The Morgan fingerprint density at radius 2 is 2.10 bits per heavy atom. The molecular weight excluding hydrogens is 555 g/mol. The SMILES string of the molecule is [2H]C=C([2H])C(=O)N1CCN(c2nc(=O)n(-c3c(C)ccnc3C(C)C)c3nc(-c4c(F)cccc4C=C([2H])[2H])c(Cl)cc23)[C@@H](C)C1. The second-order valence-electron chi connectivity index (χ2n) is 10.5. The van der Waals surface area contributed by atoms with Crippen molar-refractivity contribution < 1.29 is 14.7 Å². The number of fused-ring (bicyclic) bond motifs is 1. The molecule has 1 aromatic carbocycles. The molecule has 1 saturated heterocycles. The largest absolute Gasteiger partial charge is 0.355 e. The van der Waals surface area contributed by atoms with E-state index in [9.17, 15) is 9.59 Å². The molecule has 0 unspecified atom stereocenters. The van der Waals surface area contributed by atoms with E-state index in [-0.39, 0.29) is 64.9 Å². The van der Waals surface area contributed by atoms with Crippen LogP contribution in [0, 0.1) is 12.7 Å². The summed E-state index contributed by atoms with van der Waals surface area (Å²) in [5.74, 6) is -1.03. The van der Waals surface area contributed by atoms with Gasteiger partial charge in [-0.2, -0.15) is 4.98 Å². The van der Waals surface area contributed by atoms with Gasteiger partial charge in [-0.1, -0.05) is 56.7 Å². The number of aromatic nitrogens is 4. The minimum absolute atomic E-state index is 0.0197. The topological polar surface area (TPSA) is 84.2 Å². The first kappa shape index (κ1) is 24.2. The average Bonchev–Trinajstić information content (AvgIpc) is 3.00. The number of nitrogens with zero attached hydrogens (tertiary/aromatic N) is 6. The molecule has 0 N–H and O–H groups in total. The Morgan fingerprint density at radius 1 is 1.29 bits per heavy atom. The summed E-state index contributed by atoms with van der Waals surface area (Å²) < 4.78 is 47.2. The van der Waals surface area contributed by atoms with Crippen LogP contribution in [0.3, 0.4) is 0 Å². The van der Waals surface area contributed by atoms with Crippen LogP contribution in [-0.2, 0) is 4.79 Å². The number of amides is 1. The maximum atomic E-state index is 15.5. The predicted molar refractivity (Wildman–Crippen MR) is 166 cm³/mol. The molecule has 42 heavy (non-hydrogen) atoms. The lowest BCUT2D eigenvalue weighted by molar-refractivity contribution is -0.126. The van der Waals surface area contributed by atoms with Crippen LogP contribution in [0.5, 0.6) is 0 Å². The predicted octanol–water partition coefficient (Wildman–Crippen LogP) is 5.93. The van der Waals surface area contributed by atoms with Crippen molar-refractivity contribution >= 4 is 40.4 Å². The standard InChI is InChI=1S/C32H32ClFN6O2/c1-7-21-10-9-11-24(34)26(21)28-23(33)16-22-30(39-15-14-38(17-20(39)6)25(41)8-2)37-32(42)40(31(22)36-28)29-19(5)12-13-35-27(29)18(3)4/h7-13,16,18,20H,1-2,14-15,17H2,3-6H3/t20-/m0/s1/i1D2,2D,8D. The minimum atomic E-state index is -0.669. The molecule has 0 aliphatic carbocycles. The molecule has 1 aliphatic rings. The number of carbonyl (C=O) groups is 1. The van der Waals surface area contributed by atoms with Gasteiger partial charge in [0, 0.05) is 37.4 Å². The first-order valence-corrected chi connectivity index (χ1v) is 13.9. The highest BCUT2D eigenvalue weighted by atomic mass is 35.5. The quantitative estimate of drug-likeness (QED) is 0.259. The van der Waals surface area contributed by atoms with E-state index < -0.39 is 30.0 Å². The van der Waals surface area contributed by atoms with Gasteiger partial charge in [0.1, 0.15) is 11.6 Å². The summed E-state index contributed by atoms with van der Waals surface area (Å²) in [7, 11) is 0. The van der Waals surface area contributed by atoms with Crippen molar-refractivity contribution in [3.63, 3.8) is 0 Å². The molecule has 0 radical (unpaired) electrons. The van der Waals surface area contributed by atoms with E-state index in [4.69, 9.17) is 22.1 Å². The van der Waals surface area contributed by atoms with Crippen LogP contribution in [0.1, 0.15) is 49.0 Å². The molecule has 0 bridgehead atoms. The van der Waals surface area contributed by atoms with E-state index in [0.717, 1.165) is 5.56 Å². The molecule has 1 fully saturated rings. The van der Waals surface area contributed by atoms with Crippen LogP contribution < -0.4 is 10.6 Å². The number of piperazine rings is 1. The molecule has 3 aromatic heterocycles. The van der Waals surface area contributed by atoms with Gasteiger partial charge in [-0.05, 0) is 55.1 Å². The van der Waals surface area contributed by atoms with Crippen LogP contribution in [0.2, 0.25) is 5.02 Å². The third kappa shape index (κ3) is 4.98. The van der Waals surface area contributed by atoms with Crippen molar-refractivity contribution in [1.29, 1.82) is 0 Å². The highest BCUT2D eigenvalue weighted by Gasteiger charge is 2.30. The van der Waals surface area contributed by atoms with Crippen LogP contribution in [-0.4, -0.2) is 56.0 Å². The van der Waals surface area contributed by atoms with E-state index in [0.29, 0.717) is 23.3 Å². The fourth-order valence-electron chi connectivity index (χ4n) is 5.45. The second-order valence-corrected chi connectivity index (χ2v) is 11.0. The second kappa shape index (κ2) is 11.5. The molecule has 216 valence electrons. The molecule has 4 heterocycles. The third-order valence-corrected chi connectivity index (χ3v) is 7.76. The molecule has 1 atom stereocenters. The fraction of sp³-hybridized carbons (Fsp3) is 0.281. The average molecular weight is 591 g/mol. The zero-order valence-corrected chi connectivity index (χ0v) is 24.4. The maximum Gasteiger partial charge on any atom is 0.355 e. The Labute approximate surface area is 254 Å². The number of pyridine rings is 2. The molecule has 1 amide bonds. The number of hydrogen-bond acceptors (Lipinski definition) is 6. The van der Waals surface area contributed by atoms with Gasteiger partial charge >= 0.3 is 5.69 Å². The molecule has 0 saturated carbocycles. The van der Waals surface area contributed by atoms with Gasteiger partial charge in [-0.25, -0.2) is 18.7 Å². The van der Waals surface area contributed by atoms with E-state index in [2.05, 4.69) is 9.97 Å². The lowest BCUT2D eigenvalue weighted by atomic mass is 10.0. The van der Waals surface area contributed by atoms with Gasteiger partial charge in [0.15, 0.2) is 5.65 Å². The van der Waals surface area contributed by atoms with E-state index in [1.807, 2.05) is 32.6 Å². The third-order valence-electron chi connectivity index (χ3n) is 7.47. The van der Waals surface area contributed by atoms with Crippen molar-refractivity contribution in [2.24, 2.45) is 0 Å². The number of benzene rings is 1. The molecule has 8 nitrogen and oxygen atoms in total. The molecule has 1 aliphatic heterocycles. The van der Waals surface area contributed by atoms with Gasteiger partial charge in [0.2, 0.25) is 5.91 Å². The Balaban J connectivity index is 1.81. The molecule has 4 aromatic rings. The fourth-order valence-corrected chi connectivity index (χ4v) is 5.69. The Bertz CT molecular complexity index is 1980. The first-order chi connectivity index (χ1) is 21.8. The smallest absolute Gasteiger partial charge is 0.350 e.